The molecule has 0 fully saturated rings. The molecule has 0 aromatic heterocycles. The number of halogens is 3. The Balaban J connectivity index is 1.74. The number of carbonyl (C=O) groups excluding carboxylic acids is 1. The van der Waals surface area contributed by atoms with Gasteiger partial charge in [0.05, 0.1) is 5.56 Å². The first-order valence-electron chi connectivity index (χ1n) is 7.82. The number of amides is 1. The van der Waals surface area contributed by atoms with Gasteiger partial charge in [0.25, 0.3) is 5.91 Å². The molecular formula is C18H17F3N2O2. The van der Waals surface area contributed by atoms with E-state index in [1.165, 1.54) is 24.3 Å². The molecule has 3 rings (SSSR count). The van der Waals surface area contributed by atoms with Gasteiger partial charge in [-0.05, 0) is 41.3 Å². The molecule has 1 heterocycles. The number of fused-ring (bicyclic) bond motifs is 1. The number of hydrogen-bond donors (Lipinski definition) is 1. The van der Waals surface area contributed by atoms with Crippen LogP contribution >= 0.6 is 0 Å². The van der Waals surface area contributed by atoms with Gasteiger partial charge in [-0.15, -0.1) is 13.2 Å². The third kappa shape index (κ3) is 3.70. The van der Waals surface area contributed by atoms with Gasteiger partial charge in [0.1, 0.15) is 5.75 Å². The molecule has 0 saturated heterocycles. The molecule has 4 nitrogen and oxygen atoms in total. The summed E-state index contributed by atoms with van der Waals surface area (Å²) >= 11 is 0. The second-order valence-corrected chi connectivity index (χ2v) is 5.93. The molecule has 0 saturated carbocycles. The number of nitrogens with zero attached hydrogens (tertiary/aromatic N) is 1. The second-order valence-electron chi connectivity index (χ2n) is 5.93. The van der Waals surface area contributed by atoms with E-state index in [-0.39, 0.29) is 11.7 Å². The fourth-order valence-electron chi connectivity index (χ4n) is 2.96. The zero-order chi connectivity index (χ0) is 18.2. The Morgan fingerprint density at radius 3 is 2.44 bits per heavy atom. The van der Waals surface area contributed by atoms with Crippen molar-refractivity contribution < 1.29 is 22.7 Å². The number of ether oxygens (including phenoxy) is 1. The summed E-state index contributed by atoms with van der Waals surface area (Å²) in [5.41, 5.74) is 9.66. The third-order valence-electron chi connectivity index (χ3n) is 4.11. The number of nitrogens with two attached hydrogens (primary N) is 1. The quantitative estimate of drug-likeness (QED) is 0.851. The largest absolute Gasteiger partial charge is 0.573 e. The van der Waals surface area contributed by atoms with Crippen molar-refractivity contribution in [2.24, 2.45) is 0 Å². The summed E-state index contributed by atoms with van der Waals surface area (Å²) in [4.78, 5) is 14.2. The van der Waals surface area contributed by atoms with Crippen LogP contribution in [0.15, 0.2) is 36.4 Å². The summed E-state index contributed by atoms with van der Waals surface area (Å²) in [7, 11) is 0. The van der Waals surface area contributed by atoms with Crippen LogP contribution in [0.4, 0.5) is 18.9 Å². The lowest BCUT2D eigenvalue weighted by atomic mass is 10.0. The van der Waals surface area contributed by atoms with Gasteiger partial charge in [-0.2, -0.15) is 0 Å². The molecule has 0 atom stereocenters. The molecule has 0 spiro atoms. The minimum Gasteiger partial charge on any atom is -0.406 e. The Bertz CT molecular complexity index is 801. The van der Waals surface area contributed by atoms with Crippen molar-refractivity contribution in [3.63, 3.8) is 0 Å². The molecule has 132 valence electrons. The number of aryl methyl sites for hydroxylation is 1. The molecule has 0 radical (unpaired) electrons. The second kappa shape index (κ2) is 6.31. The Kier molecular flexibility index (Phi) is 4.32. The molecule has 2 aromatic rings. The zero-order valence-corrected chi connectivity index (χ0v) is 13.6. The van der Waals surface area contributed by atoms with E-state index in [9.17, 15) is 18.0 Å². The fourth-order valence-corrected chi connectivity index (χ4v) is 2.96. The molecule has 1 aliphatic rings. The standard InChI is InChI=1S/C18H17F3N2O2/c1-2-11-7-13-10-23(17(24)16(13)15(22)8-11)9-12-3-5-14(6-4-12)25-18(19,20)21/h3-8H,2,9-10,22H2,1H3. The van der Waals surface area contributed by atoms with E-state index in [4.69, 9.17) is 5.73 Å². The van der Waals surface area contributed by atoms with Gasteiger partial charge < -0.3 is 15.4 Å². The van der Waals surface area contributed by atoms with Crippen molar-refractivity contribution in [3.8, 4) is 5.75 Å². The summed E-state index contributed by atoms with van der Waals surface area (Å²) in [5.74, 6) is -0.449. The van der Waals surface area contributed by atoms with Crippen molar-refractivity contribution in [2.75, 3.05) is 5.73 Å². The summed E-state index contributed by atoms with van der Waals surface area (Å²) < 4.78 is 40.4. The number of anilines is 1. The molecule has 1 aliphatic heterocycles. The van der Waals surface area contributed by atoms with Gasteiger partial charge in [0, 0.05) is 18.8 Å². The van der Waals surface area contributed by atoms with Gasteiger partial charge in [-0.1, -0.05) is 25.1 Å². The van der Waals surface area contributed by atoms with Crippen LogP contribution in [0.25, 0.3) is 0 Å². The number of carbonyl (C=O) groups is 1. The normalized spacial score (nSPS) is 13.9. The molecule has 25 heavy (non-hydrogen) atoms. The van der Waals surface area contributed by atoms with Gasteiger partial charge in [-0.25, -0.2) is 0 Å². The Hall–Kier alpha value is -2.70. The van der Waals surface area contributed by atoms with Crippen LogP contribution in [0.1, 0.15) is 34.0 Å². The average molecular weight is 350 g/mol. The van der Waals surface area contributed by atoms with Crippen LogP contribution in [0.5, 0.6) is 5.75 Å². The highest BCUT2D eigenvalue weighted by Crippen LogP contribution is 2.31. The number of benzene rings is 2. The van der Waals surface area contributed by atoms with Gasteiger partial charge >= 0.3 is 6.36 Å². The van der Waals surface area contributed by atoms with Crippen molar-refractivity contribution in [3.05, 3.63) is 58.7 Å². The zero-order valence-electron chi connectivity index (χ0n) is 13.6. The topological polar surface area (TPSA) is 55.6 Å². The molecular weight excluding hydrogens is 333 g/mol. The Labute approximate surface area is 143 Å². The molecule has 1 amide bonds. The van der Waals surface area contributed by atoms with E-state index >= 15 is 0 Å². The van der Waals surface area contributed by atoms with E-state index in [2.05, 4.69) is 4.74 Å². The van der Waals surface area contributed by atoms with Gasteiger partial charge in [0.2, 0.25) is 0 Å². The first-order chi connectivity index (χ1) is 11.8. The van der Waals surface area contributed by atoms with E-state index < -0.39 is 6.36 Å². The summed E-state index contributed by atoms with van der Waals surface area (Å²) in [5, 5.41) is 0. The molecule has 0 aliphatic carbocycles. The lowest BCUT2D eigenvalue weighted by Gasteiger charge is -2.16. The lowest BCUT2D eigenvalue weighted by Crippen LogP contribution is -2.23. The molecule has 2 N–H and O–H groups in total. The highest BCUT2D eigenvalue weighted by molar-refractivity contribution is 6.03. The Morgan fingerprint density at radius 1 is 1.16 bits per heavy atom. The van der Waals surface area contributed by atoms with E-state index in [1.807, 2.05) is 19.1 Å². The van der Waals surface area contributed by atoms with Crippen LogP contribution in [-0.4, -0.2) is 17.2 Å². The van der Waals surface area contributed by atoms with E-state index in [0.29, 0.717) is 29.9 Å². The minimum absolute atomic E-state index is 0.161. The van der Waals surface area contributed by atoms with Crippen LogP contribution in [0, 0.1) is 0 Å². The minimum atomic E-state index is -4.72. The number of alkyl halides is 3. The van der Waals surface area contributed by atoms with Crippen LogP contribution in [-0.2, 0) is 19.5 Å². The number of nitrogen functional groups attached to an aromatic ring is 1. The molecule has 7 heteroatoms. The van der Waals surface area contributed by atoms with Crippen molar-refractivity contribution >= 4 is 11.6 Å². The monoisotopic (exact) mass is 350 g/mol. The smallest absolute Gasteiger partial charge is 0.406 e. The van der Waals surface area contributed by atoms with Crippen LogP contribution in [0.2, 0.25) is 0 Å². The predicted molar refractivity (Wildman–Crippen MR) is 86.9 cm³/mol. The predicted octanol–water partition coefficient (Wildman–Crippen LogP) is 3.89. The summed E-state index contributed by atoms with van der Waals surface area (Å²) in [6.07, 6.45) is -3.89. The fraction of sp³-hybridized carbons (Fsp3) is 0.278. The average Bonchev–Trinajstić information content (AvgIpc) is 2.84. The first kappa shape index (κ1) is 17.1. The van der Waals surface area contributed by atoms with Crippen molar-refractivity contribution in [1.29, 1.82) is 0 Å². The van der Waals surface area contributed by atoms with Crippen LogP contribution in [0.3, 0.4) is 0 Å². The first-order valence-corrected chi connectivity index (χ1v) is 7.82. The van der Waals surface area contributed by atoms with Crippen LogP contribution < -0.4 is 10.5 Å². The highest BCUT2D eigenvalue weighted by atomic mass is 19.4. The summed E-state index contributed by atoms with van der Waals surface area (Å²) in [6, 6.07) is 9.28. The maximum Gasteiger partial charge on any atom is 0.573 e. The maximum atomic E-state index is 12.5. The van der Waals surface area contributed by atoms with Crippen molar-refractivity contribution in [2.45, 2.75) is 32.8 Å². The molecule has 0 bridgehead atoms. The van der Waals surface area contributed by atoms with E-state index in [0.717, 1.165) is 17.5 Å². The van der Waals surface area contributed by atoms with Gasteiger partial charge in [-0.3, -0.25) is 4.79 Å². The Morgan fingerprint density at radius 2 is 1.84 bits per heavy atom. The third-order valence-corrected chi connectivity index (χ3v) is 4.11. The summed E-state index contributed by atoms with van der Waals surface area (Å²) in [6.45, 7) is 2.74. The maximum absolute atomic E-state index is 12.5. The molecule has 2 aromatic carbocycles. The highest BCUT2D eigenvalue weighted by Gasteiger charge is 2.31. The SMILES string of the molecule is CCc1cc(N)c2c(c1)CN(Cc1ccc(OC(F)(F)F)cc1)C2=O. The molecule has 0 unspecified atom stereocenters. The number of hydrogen-bond acceptors (Lipinski definition) is 3. The van der Waals surface area contributed by atoms with Gasteiger partial charge in [0.15, 0.2) is 0 Å². The van der Waals surface area contributed by atoms with E-state index in [1.54, 1.807) is 4.90 Å². The number of rotatable bonds is 4. The van der Waals surface area contributed by atoms with Crippen molar-refractivity contribution in [1.82, 2.24) is 4.90 Å². The lowest BCUT2D eigenvalue weighted by molar-refractivity contribution is -0.274.